The van der Waals surface area contributed by atoms with E-state index in [1.165, 1.54) is 19.2 Å². The van der Waals surface area contributed by atoms with E-state index in [1.54, 1.807) is 30.9 Å². The minimum absolute atomic E-state index is 0.0322. The first kappa shape index (κ1) is 26.0. The Hall–Kier alpha value is -4.65. The number of fused-ring (bicyclic) bond motifs is 1. The molecule has 0 radical (unpaired) electrons. The average Bonchev–Trinajstić information content (AvgIpc) is 3.62. The second kappa shape index (κ2) is 11.4. The van der Waals surface area contributed by atoms with Gasteiger partial charge < -0.3 is 14.3 Å². The summed E-state index contributed by atoms with van der Waals surface area (Å²) in [6.07, 6.45) is 7.34. The number of carbonyl (C=O) groups is 1. The molecular weight excluding hydrogens is 512 g/mol. The van der Waals surface area contributed by atoms with Gasteiger partial charge in [-0.15, -0.1) is 0 Å². The number of imidazole rings is 1. The molecule has 1 atom stereocenters. The average molecular weight is 539 g/mol. The van der Waals surface area contributed by atoms with Crippen LogP contribution in [0, 0.1) is 11.8 Å². The molecule has 0 amide bonds. The van der Waals surface area contributed by atoms with E-state index in [1.807, 2.05) is 59.3 Å². The summed E-state index contributed by atoms with van der Waals surface area (Å²) in [4.78, 5) is 19.7. The summed E-state index contributed by atoms with van der Waals surface area (Å²) < 4.78 is 35.6. The quantitative estimate of drug-likeness (QED) is 0.230. The number of aromatic amines is 1. The highest BCUT2D eigenvalue weighted by molar-refractivity contribution is 7.89. The third-order valence-corrected chi connectivity index (χ3v) is 7.76. The number of sulfonamides is 1. The molecule has 196 valence electrons. The van der Waals surface area contributed by atoms with Crippen molar-refractivity contribution in [3.8, 4) is 11.8 Å². The molecule has 8 nitrogen and oxygen atoms in total. The van der Waals surface area contributed by atoms with Crippen LogP contribution in [0.15, 0.2) is 103 Å². The van der Waals surface area contributed by atoms with Crippen molar-refractivity contribution in [1.82, 2.24) is 19.3 Å². The minimum atomic E-state index is -4.00. The lowest BCUT2D eigenvalue weighted by atomic mass is 10.1. The van der Waals surface area contributed by atoms with Crippen molar-refractivity contribution < 1.29 is 17.9 Å². The summed E-state index contributed by atoms with van der Waals surface area (Å²) >= 11 is 0. The Bertz CT molecular complexity index is 1750. The van der Waals surface area contributed by atoms with Crippen LogP contribution in [0.2, 0.25) is 0 Å². The fourth-order valence-electron chi connectivity index (χ4n) is 4.24. The number of ether oxygens (including phenoxy) is 1. The SMILES string of the molecule is COC(=O)[C@@H](Cc1c[nH]c2ccccc12)NS(=O)(=O)c1ccc(C#Cc2ccc(Cn3ccnc3)cc2)cc1. The minimum Gasteiger partial charge on any atom is -0.468 e. The molecule has 0 fully saturated rings. The second-order valence-corrected chi connectivity index (χ2v) is 10.7. The lowest BCUT2D eigenvalue weighted by Crippen LogP contribution is -2.42. The number of methoxy groups -OCH3 is 1. The molecule has 5 aromatic rings. The molecule has 3 aromatic carbocycles. The fraction of sp³-hybridized carbons (Fsp3) is 0.133. The van der Waals surface area contributed by atoms with Gasteiger partial charge in [0.25, 0.3) is 0 Å². The van der Waals surface area contributed by atoms with Crippen LogP contribution in [-0.4, -0.2) is 42.1 Å². The number of hydrogen-bond acceptors (Lipinski definition) is 5. The second-order valence-electron chi connectivity index (χ2n) is 8.97. The van der Waals surface area contributed by atoms with Crippen molar-refractivity contribution in [2.45, 2.75) is 23.9 Å². The highest BCUT2D eigenvalue weighted by Gasteiger charge is 2.27. The maximum atomic E-state index is 13.1. The van der Waals surface area contributed by atoms with Gasteiger partial charge in [0.05, 0.1) is 18.3 Å². The Balaban J connectivity index is 1.27. The predicted octanol–water partition coefficient (Wildman–Crippen LogP) is 3.88. The van der Waals surface area contributed by atoms with Gasteiger partial charge in [-0.05, 0) is 53.6 Å². The third-order valence-electron chi connectivity index (χ3n) is 6.28. The van der Waals surface area contributed by atoms with E-state index in [2.05, 4.69) is 26.5 Å². The van der Waals surface area contributed by atoms with Crippen LogP contribution in [0.3, 0.4) is 0 Å². The van der Waals surface area contributed by atoms with Crippen LogP contribution in [0.5, 0.6) is 0 Å². The van der Waals surface area contributed by atoms with Gasteiger partial charge in [0.15, 0.2) is 0 Å². The Labute approximate surface area is 226 Å². The Morgan fingerprint density at radius 1 is 1.03 bits per heavy atom. The number of benzene rings is 3. The highest BCUT2D eigenvalue weighted by atomic mass is 32.2. The molecule has 0 aliphatic rings. The third kappa shape index (κ3) is 6.26. The predicted molar refractivity (Wildman–Crippen MR) is 148 cm³/mol. The lowest BCUT2D eigenvalue weighted by Gasteiger charge is -2.16. The number of nitrogens with one attached hydrogen (secondary N) is 2. The zero-order chi connectivity index (χ0) is 27.2. The van der Waals surface area contributed by atoms with Crippen LogP contribution >= 0.6 is 0 Å². The lowest BCUT2D eigenvalue weighted by molar-refractivity contribution is -0.142. The van der Waals surface area contributed by atoms with Gasteiger partial charge in [-0.1, -0.05) is 42.2 Å². The topological polar surface area (TPSA) is 106 Å². The standard InChI is InChI=1S/C30H26N4O4S/c1-38-30(35)29(18-25-19-32-28-5-3-2-4-27(25)28)33-39(36,37)26-14-12-23(13-15-26)7-6-22-8-10-24(11-9-22)20-34-17-16-31-21-34/h2-5,8-17,19,21,29,32-33H,18,20H2,1H3/t29-/m1/s1. The number of hydrogen-bond donors (Lipinski definition) is 2. The maximum Gasteiger partial charge on any atom is 0.324 e. The number of nitrogens with zero attached hydrogens (tertiary/aromatic N) is 2. The molecule has 0 unspecified atom stereocenters. The van der Waals surface area contributed by atoms with E-state index >= 15 is 0 Å². The number of esters is 1. The van der Waals surface area contributed by atoms with E-state index in [0.717, 1.165) is 34.1 Å². The first-order valence-electron chi connectivity index (χ1n) is 12.2. The molecule has 0 saturated heterocycles. The van der Waals surface area contributed by atoms with Crippen molar-refractivity contribution in [3.05, 3.63) is 120 Å². The molecule has 5 rings (SSSR count). The van der Waals surface area contributed by atoms with Crippen molar-refractivity contribution >= 4 is 26.9 Å². The van der Waals surface area contributed by atoms with E-state index in [0.29, 0.717) is 5.56 Å². The smallest absolute Gasteiger partial charge is 0.324 e. The normalized spacial score (nSPS) is 12.0. The van der Waals surface area contributed by atoms with Crippen molar-refractivity contribution in [3.63, 3.8) is 0 Å². The van der Waals surface area contributed by atoms with Crippen LogP contribution in [0.4, 0.5) is 0 Å². The van der Waals surface area contributed by atoms with Gasteiger partial charge in [-0.3, -0.25) is 4.79 Å². The number of carbonyl (C=O) groups excluding carboxylic acids is 1. The molecule has 0 aliphatic heterocycles. The molecule has 0 spiro atoms. The zero-order valence-corrected chi connectivity index (χ0v) is 22.0. The van der Waals surface area contributed by atoms with Gasteiger partial charge in [0.1, 0.15) is 6.04 Å². The summed E-state index contributed by atoms with van der Waals surface area (Å²) in [6, 6.07) is 20.7. The largest absolute Gasteiger partial charge is 0.468 e. The summed E-state index contributed by atoms with van der Waals surface area (Å²) in [7, 11) is -2.76. The molecule has 2 aromatic heterocycles. The van der Waals surface area contributed by atoms with Crippen LogP contribution in [0.1, 0.15) is 22.3 Å². The summed E-state index contributed by atoms with van der Waals surface area (Å²) in [6.45, 7) is 0.732. The number of H-pyrrole nitrogens is 1. The van der Waals surface area contributed by atoms with Gasteiger partial charge in [0.2, 0.25) is 10.0 Å². The number of aromatic nitrogens is 3. The fourth-order valence-corrected chi connectivity index (χ4v) is 5.42. The molecule has 0 saturated carbocycles. The van der Waals surface area contributed by atoms with E-state index in [-0.39, 0.29) is 11.3 Å². The number of para-hydroxylation sites is 1. The van der Waals surface area contributed by atoms with Crippen molar-refractivity contribution in [1.29, 1.82) is 0 Å². The molecule has 0 bridgehead atoms. The maximum absolute atomic E-state index is 13.1. The van der Waals surface area contributed by atoms with Crippen molar-refractivity contribution in [2.24, 2.45) is 0 Å². The number of rotatable bonds is 8. The van der Waals surface area contributed by atoms with Gasteiger partial charge in [-0.25, -0.2) is 13.4 Å². The molecule has 0 aliphatic carbocycles. The summed E-state index contributed by atoms with van der Waals surface area (Å²) in [5.41, 5.74) is 4.36. The van der Waals surface area contributed by atoms with Crippen molar-refractivity contribution in [2.75, 3.05) is 7.11 Å². The van der Waals surface area contributed by atoms with Gasteiger partial charge >= 0.3 is 5.97 Å². The molecule has 2 heterocycles. The molecule has 39 heavy (non-hydrogen) atoms. The first-order chi connectivity index (χ1) is 18.9. The Morgan fingerprint density at radius 3 is 2.38 bits per heavy atom. The van der Waals surface area contributed by atoms with E-state index in [9.17, 15) is 13.2 Å². The Kier molecular flexibility index (Phi) is 7.59. The van der Waals surface area contributed by atoms with E-state index < -0.39 is 22.0 Å². The molecular formula is C30H26N4O4S. The monoisotopic (exact) mass is 538 g/mol. The Morgan fingerprint density at radius 2 is 1.72 bits per heavy atom. The molecule has 2 N–H and O–H groups in total. The van der Waals surface area contributed by atoms with Crippen LogP contribution < -0.4 is 4.72 Å². The first-order valence-corrected chi connectivity index (χ1v) is 13.7. The zero-order valence-electron chi connectivity index (χ0n) is 21.2. The van der Waals surface area contributed by atoms with Gasteiger partial charge in [0, 0.05) is 53.6 Å². The summed E-state index contributed by atoms with van der Waals surface area (Å²) in [5.74, 6) is 5.50. The van der Waals surface area contributed by atoms with Gasteiger partial charge in [-0.2, -0.15) is 4.72 Å². The van der Waals surface area contributed by atoms with E-state index in [4.69, 9.17) is 4.74 Å². The van der Waals surface area contributed by atoms with Crippen LogP contribution in [-0.2, 0) is 32.5 Å². The summed E-state index contributed by atoms with van der Waals surface area (Å²) in [5, 5.41) is 0.918. The molecule has 9 heteroatoms. The van der Waals surface area contributed by atoms with Crippen LogP contribution in [0.25, 0.3) is 10.9 Å². The highest BCUT2D eigenvalue weighted by Crippen LogP contribution is 2.20.